The highest BCUT2D eigenvalue weighted by atomic mass is 16.1. The minimum Gasteiger partial charge on any atom is -0.322 e. The Balaban J connectivity index is 1.80. The largest absolute Gasteiger partial charge is 0.322 e. The van der Waals surface area contributed by atoms with Crippen molar-refractivity contribution in [3.05, 3.63) is 95.8 Å². The summed E-state index contributed by atoms with van der Waals surface area (Å²) in [5, 5.41) is 2.77. The van der Waals surface area contributed by atoms with E-state index in [9.17, 15) is 9.59 Å². The molecule has 1 N–H and O–H groups in total. The van der Waals surface area contributed by atoms with Gasteiger partial charge in [0.15, 0.2) is 5.78 Å². The van der Waals surface area contributed by atoms with Crippen molar-refractivity contribution in [3.8, 4) is 0 Å². The fourth-order valence-corrected chi connectivity index (χ4v) is 2.19. The van der Waals surface area contributed by atoms with Gasteiger partial charge in [-0.15, -0.1) is 0 Å². The number of aromatic nitrogens is 1. The molecule has 1 aromatic heterocycles. The molecule has 112 valence electrons. The number of hydrogen-bond acceptors (Lipinski definition) is 3. The molecular formula is C19H14N2O2. The van der Waals surface area contributed by atoms with Gasteiger partial charge < -0.3 is 5.32 Å². The molecule has 0 spiro atoms. The van der Waals surface area contributed by atoms with E-state index in [-0.39, 0.29) is 11.7 Å². The Labute approximate surface area is 133 Å². The Kier molecular flexibility index (Phi) is 4.25. The van der Waals surface area contributed by atoms with E-state index in [2.05, 4.69) is 10.3 Å². The molecule has 1 heterocycles. The van der Waals surface area contributed by atoms with Crippen LogP contribution in [0.1, 0.15) is 26.3 Å². The molecule has 0 aliphatic heterocycles. The molecule has 0 saturated carbocycles. The van der Waals surface area contributed by atoms with Gasteiger partial charge in [0.1, 0.15) is 0 Å². The lowest BCUT2D eigenvalue weighted by atomic mass is 10.0. The summed E-state index contributed by atoms with van der Waals surface area (Å²) in [4.78, 5) is 28.5. The van der Waals surface area contributed by atoms with Crippen LogP contribution in [0.3, 0.4) is 0 Å². The highest BCUT2D eigenvalue weighted by Gasteiger charge is 2.10. The van der Waals surface area contributed by atoms with E-state index < -0.39 is 0 Å². The summed E-state index contributed by atoms with van der Waals surface area (Å²) in [5.41, 5.74) is 2.18. The van der Waals surface area contributed by atoms with Gasteiger partial charge in [-0.05, 0) is 24.3 Å². The first-order valence-corrected chi connectivity index (χ1v) is 7.15. The SMILES string of the molecule is O=C(Nc1cccc(C(=O)c2ccccc2)c1)c1cccnc1. The first-order valence-electron chi connectivity index (χ1n) is 7.15. The van der Waals surface area contributed by atoms with Crippen LogP contribution in [0.15, 0.2) is 79.1 Å². The Morgan fingerprint density at radius 3 is 2.26 bits per heavy atom. The summed E-state index contributed by atoms with van der Waals surface area (Å²) >= 11 is 0. The molecular weight excluding hydrogens is 288 g/mol. The number of carbonyl (C=O) groups excluding carboxylic acids is 2. The van der Waals surface area contributed by atoms with Crippen molar-refractivity contribution in [3.63, 3.8) is 0 Å². The lowest BCUT2D eigenvalue weighted by molar-refractivity contribution is 0.102. The van der Waals surface area contributed by atoms with E-state index in [0.717, 1.165) is 0 Å². The van der Waals surface area contributed by atoms with Crippen molar-refractivity contribution in [2.24, 2.45) is 0 Å². The van der Waals surface area contributed by atoms with Gasteiger partial charge in [-0.2, -0.15) is 0 Å². The van der Waals surface area contributed by atoms with E-state index in [4.69, 9.17) is 0 Å². The minimum absolute atomic E-state index is 0.0805. The molecule has 23 heavy (non-hydrogen) atoms. The summed E-state index contributed by atoms with van der Waals surface area (Å²) in [5.74, 6) is -0.342. The van der Waals surface area contributed by atoms with Crippen molar-refractivity contribution < 1.29 is 9.59 Å². The van der Waals surface area contributed by atoms with Crippen LogP contribution in [-0.4, -0.2) is 16.7 Å². The average Bonchev–Trinajstić information content (AvgIpc) is 2.63. The average molecular weight is 302 g/mol. The molecule has 4 nitrogen and oxygen atoms in total. The monoisotopic (exact) mass is 302 g/mol. The van der Waals surface area contributed by atoms with Crippen molar-refractivity contribution in [2.45, 2.75) is 0 Å². The molecule has 2 aromatic carbocycles. The van der Waals surface area contributed by atoms with Gasteiger partial charge >= 0.3 is 0 Å². The number of carbonyl (C=O) groups is 2. The second kappa shape index (κ2) is 6.66. The number of nitrogens with one attached hydrogen (secondary N) is 1. The van der Waals surface area contributed by atoms with E-state index >= 15 is 0 Å². The predicted molar refractivity (Wildman–Crippen MR) is 88.5 cm³/mol. The quantitative estimate of drug-likeness (QED) is 0.750. The molecule has 0 bridgehead atoms. The van der Waals surface area contributed by atoms with Crippen molar-refractivity contribution in [1.82, 2.24) is 4.98 Å². The Morgan fingerprint density at radius 2 is 1.52 bits per heavy atom. The Bertz CT molecular complexity index is 830. The summed E-state index contributed by atoms with van der Waals surface area (Å²) in [6.45, 7) is 0. The molecule has 0 saturated heterocycles. The van der Waals surface area contributed by atoms with Gasteiger partial charge in [-0.25, -0.2) is 0 Å². The topological polar surface area (TPSA) is 59.1 Å². The molecule has 0 aliphatic rings. The molecule has 0 fully saturated rings. The minimum atomic E-state index is -0.262. The van der Waals surface area contributed by atoms with E-state index in [1.165, 1.54) is 6.20 Å². The number of amides is 1. The normalized spacial score (nSPS) is 10.1. The van der Waals surface area contributed by atoms with Gasteiger partial charge in [-0.1, -0.05) is 42.5 Å². The molecule has 0 unspecified atom stereocenters. The maximum Gasteiger partial charge on any atom is 0.257 e. The second-order valence-corrected chi connectivity index (χ2v) is 4.97. The Morgan fingerprint density at radius 1 is 0.783 bits per heavy atom. The molecule has 0 atom stereocenters. The van der Waals surface area contributed by atoms with Gasteiger partial charge in [0.05, 0.1) is 5.56 Å². The molecule has 0 radical (unpaired) electrons. The van der Waals surface area contributed by atoms with E-state index in [1.54, 1.807) is 54.7 Å². The number of benzene rings is 2. The van der Waals surface area contributed by atoms with Crippen molar-refractivity contribution in [1.29, 1.82) is 0 Å². The molecule has 4 heteroatoms. The predicted octanol–water partition coefficient (Wildman–Crippen LogP) is 3.56. The van der Waals surface area contributed by atoms with Gasteiger partial charge in [0.25, 0.3) is 5.91 Å². The lowest BCUT2D eigenvalue weighted by Gasteiger charge is -2.07. The fraction of sp³-hybridized carbons (Fsp3) is 0. The number of rotatable bonds is 4. The van der Waals surface area contributed by atoms with E-state index in [0.29, 0.717) is 22.4 Å². The molecule has 0 aliphatic carbocycles. The van der Waals surface area contributed by atoms with Gasteiger partial charge in [0.2, 0.25) is 0 Å². The zero-order valence-corrected chi connectivity index (χ0v) is 12.3. The first-order chi connectivity index (χ1) is 11.2. The second-order valence-electron chi connectivity index (χ2n) is 4.97. The number of hydrogen-bond donors (Lipinski definition) is 1. The summed E-state index contributed by atoms with van der Waals surface area (Å²) < 4.78 is 0. The fourth-order valence-electron chi connectivity index (χ4n) is 2.19. The molecule has 3 aromatic rings. The third-order valence-electron chi connectivity index (χ3n) is 3.34. The zero-order chi connectivity index (χ0) is 16.1. The number of anilines is 1. The summed E-state index contributed by atoms with van der Waals surface area (Å²) in [7, 11) is 0. The lowest BCUT2D eigenvalue weighted by Crippen LogP contribution is -2.12. The number of ketones is 1. The third kappa shape index (κ3) is 3.49. The van der Waals surface area contributed by atoms with E-state index in [1.807, 2.05) is 18.2 Å². The van der Waals surface area contributed by atoms with Crippen LogP contribution < -0.4 is 5.32 Å². The van der Waals surface area contributed by atoms with Crippen LogP contribution >= 0.6 is 0 Å². The molecule has 1 amide bonds. The highest BCUT2D eigenvalue weighted by Crippen LogP contribution is 2.15. The third-order valence-corrected chi connectivity index (χ3v) is 3.34. The Hall–Kier alpha value is -3.27. The smallest absolute Gasteiger partial charge is 0.257 e. The van der Waals surface area contributed by atoms with Crippen LogP contribution in [0.2, 0.25) is 0 Å². The van der Waals surface area contributed by atoms with Crippen molar-refractivity contribution >= 4 is 17.4 Å². The summed E-state index contributed by atoms with van der Waals surface area (Å²) in [6.07, 6.45) is 3.10. The van der Waals surface area contributed by atoms with Crippen molar-refractivity contribution in [2.75, 3.05) is 5.32 Å². The summed E-state index contributed by atoms with van der Waals surface area (Å²) in [6, 6.07) is 19.3. The molecule has 3 rings (SSSR count). The first kappa shape index (κ1) is 14.7. The number of pyridine rings is 1. The van der Waals surface area contributed by atoms with Crippen LogP contribution in [0.4, 0.5) is 5.69 Å². The maximum absolute atomic E-state index is 12.4. The van der Waals surface area contributed by atoms with Crippen LogP contribution in [0.25, 0.3) is 0 Å². The van der Waals surface area contributed by atoms with Crippen LogP contribution in [0.5, 0.6) is 0 Å². The van der Waals surface area contributed by atoms with Crippen LogP contribution in [0, 0.1) is 0 Å². The standard InChI is InChI=1S/C19H14N2O2/c22-18(14-6-2-1-3-7-14)15-8-4-10-17(12-15)21-19(23)16-9-5-11-20-13-16/h1-13H,(H,21,23). The van der Waals surface area contributed by atoms with Gasteiger partial charge in [-0.3, -0.25) is 14.6 Å². The van der Waals surface area contributed by atoms with Crippen LogP contribution in [-0.2, 0) is 0 Å². The maximum atomic E-state index is 12.4. The zero-order valence-electron chi connectivity index (χ0n) is 12.3. The number of nitrogens with zero attached hydrogens (tertiary/aromatic N) is 1. The van der Waals surface area contributed by atoms with Gasteiger partial charge in [0, 0.05) is 29.2 Å². The highest BCUT2D eigenvalue weighted by molar-refractivity contribution is 6.10.